The van der Waals surface area contributed by atoms with E-state index in [1.54, 1.807) is 0 Å². The van der Waals surface area contributed by atoms with Gasteiger partial charge in [-0.25, -0.2) is 0 Å². The van der Waals surface area contributed by atoms with Gasteiger partial charge in [-0.2, -0.15) is 0 Å². The van der Waals surface area contributed by atoms with E-state index in [1.165, 1.54) is 0 Å². The highest BCUT2D eigenvalue weighted by Crippen LogP contribution is 2.27. The Kier molecular flexibility index (Phi) is 12.9. The minimum absolute atomic E-state index is 0.00688. The molecule has 0 spiro atoms. The minimum Gasteiger partial charge on any atom is -0.346 e. The molecule has 0 radical (unpaired) electrons. The maximum atomic E-state index is 14.0. The maximum absolute atomic E-state index is 14.0. The minimum atomic E-state index is -0.690. The first-order valence-electron chi connectivity index (χ1n) is 17.0. The van der Waals surface area contributed by atoms with Crippen LogP contribution in [0, 0.1) is 18.3 Å². The predicted molar refractivity (Wildman–Crippen MR) is 194 cm³/mol. The Morgan fingerprint density at radius 1 is 0.723 bits per heavy atom. The Balaban J connectivity index is 1.50. The van der Waals surface area contributed by atoms with Gasteiger partial charge in [-0.15, -0.1) is 0 Å². The fourth-order valence-electron chi connectivity index (χ4n) is 6.00. The Hall–Kier alpha value is -4.31. The fourth-order valence-corrected chi connectivity index (χ4v) is 6.00. The highest BCUT2D eigenvalue weighted by atomic mass is 16.2. The molecule has 4 rings (SSSR count). The molecule has 0 saturated heterocycles. The Labute approximate surface area is 281 Å². The summed E-state index contributed by atoms with van der Waals surface area (Å²) in [6, 6.07) is 31.7. The van der Waals surface area contributed by atoms with E-state index in [1.807, 2.05) is 79.7 Å². The van der Waals surface area contributed by atoms with Crippen LogP contribution in [0.5, 0.6) is 0 Å². The zero-order valence-electron chi connectivity index (χ0n) is 28.7. The van der Waals surface area contributed by atoms with Gasteiger partial charge in [0, 0.05) is 25.2 Å². The Morgan fingerprint density at radius 3 is 2.13 bits per heavy atom. The normalized spacial score (nSPS) is 12.8. The molecule has 1 amide bonds. The second kappa shape index (κ2) is 17.0. The van der Waals surface area contributed by atoms with Crippen LogP contribution in [0.2, 0.25) is 0 Å². The van der Waals surface area contributed by atoms with Crippen LogP contribution in [0.25, 0.3) is 10.8 Å². The maximum Gasteiger partial charge on any atom is 0.224 e. The van der Waals surface area contributed by atoms with Crippen molar-refractivity contribution in [1.82, 2.24) is 5.32 Å². The smallest absolute Gasteiger partial charge is 0.224 e. The van der Waals surface area contributed by atoms with Crippen LogP contribution in [0.1, 0.15) is 81.5 Å². The van der Waals surface area contributed by atoms with E-state index in [2.05, 4.69) is 56.9 Å². The number of allylic oxidation sites excluding steroid dienone is 1. The van der Waals surface area contributed by atoms with Crippen molar-refractivity contribution in [1.29, 1.82) is 0 Å². The zero-order valence-corrected chi connectivity index (χ0v) is 28.7. The number of carbonyl (C=O) groups is 3. The van der Waals surface area contributed by atoms with Crippen molar-refractivity contribution in [2.45, 2.75) is 91.5 Å². The first-order chi connectivity index (χ1) is 22.5. The van der Waals surface area contributed by atoms with Gasteiger partial charge in [0.2, 0.25) is 5.91 Å². The third-order valence-electron chi connectivity index (χ3n) is 8.93. The molecule has 0 heterocycles. The summed E-state index contributed by atoms with van der Waals surface area (Å²) in [6.07, 6.45) is 4.62. The summed E-state index contributed by atoms with van der Waals surface area (Å²) in [4.78, 5) is 41.2. The highest BCUT2D eigenvalue weighted by Gasteiger charge is 2.28. The molecule has 0 aliphatic carbocycles. The van der Waals surface area contributed by atoms with Crippen molar-refractivity contribution in [3.63, 3.8) is 0 Å². The molecule has 0 aliphatic heterocycles. The molecule has 0 fully saturated rings. The molecule has 0 saturated carbocycles. The van der Waals surface area contributed by atoms with Crippen LogP contribution in [-0.4, -0.2) is 23.5 Å². The van der Waals surface area contributed by atoms with Gasteiger partial charge in [-0.1, -0.05) is 136 Å². The molecule has 0 unspecified atom stereocenters. The number of fused-ring (bicyclic) bond motifs is 1. The lowest BCUT2D eigenvalue weighted by Gasteiger charge is -2.24. The standard InChI is InChI=1S/C43H51NO3/c1-31-18-20-34(21-19-31)29-40(41(46)25-23-36-16-11-15-35-14-9-10-17-39(35)36)44-42(47)37(28-32(2)26-27-43(3,4)5)30-38(45)24-22-33-12-7-6-8-13-33/h6-21,37,40H,2,22-30H2,1,3-5H3,(H,44,47)/t37-,40+/m1/s1. The average molecular weight is 630 g/mol. The Bertz CT molecular complexity index is 1640. The molecule has 4 aromatic carbocycles. The number of nitrogens with one attached hydrogen (secondary N) is 1. The van der Waals surface area contributed by atoms with Crippen molar-refractivity contribution < 1.29 is 14.4 Å². The van der Waals surface area contributed by atoms with Crippen LogP contribution in [0.4, 0.5) is 0 Å². The lowest BCUT2D eigenvalue weighted by atomic mass is 9.85. The largest absolute Gasteiger partial charge is 0.346 e. The quantitative estimate of drug-likeness (QED) is 0.118. The van der Waals surface area contributed by atoms with Crippen LogP contribution < -0.4 is 5.32 Å². The molecule has 246 valence electrons. The van der Waals surface area contributed by atoms with E-state index in [4.69, 9.17) is 0 Å². The number of Topliss-reactive ketones (excluding diaryl/α,β-unsaturated/α-hetero) is 2. The second-order valence-electron chi connectivity index (χ2n) is 14.3. The van der Waals surface area contributed by atoms with Crippen LogP contribution >= 0.6 is 0 Å². The summed E-state index contributed by atoms with van der Waals surface area (Å²) in [5.41, 5.74) is 5.46. The van der Waals surface area contributed by atoms with Crippen LogP contribution in [-0.2, 0) is 33.6 Å². The monoisotopic (exact) mass is 629 g/mol. The lowest BCUT2D eigenvalue weighted by Crippen LogP contribution is -2.45. The van der Waals surface area contributed by atoms with Crippen LogP contribution in [0.15, 0.2) is 109 Å². The molecule has 47 heavy (non-hydrogen) atoms. The third-order valence-corrected chi connectivity index (χ3v) is 8.93. The molecule has 4 aromatic rings. The summed E-state index contributed by atoms with van der Waals surface area (Å²) in [5, 5.41) is 5.42. The fraction of sp³-hybridized carbons (Fsp3) is 0.372. The molecule has 4 heteroatoms. The number of amides is 1. The number of hydrogen-bond donors (Lipinski definition) is 1. The highest BCUT2D eigenvalue weighted by molar-refractivity contribution is 5.93. The number of benzene rings is 4. The Morgan fingerprint density at radius 2 is 1.40 bits per heavy atom. The predicted octanol–water partition coefficient (Wildman–Crippen LogP) is 9.36. The zero-order chi connectivity index (χ0) is 33.8. The molecule has 0 aromatic heterocycles. The summed E-state index contributed by atoms with van der Waals surface area (Å²) < 4.78 is 0. The van der Waals surface area contributed by atoms with Gasteiger partial charge in [0.15, 0.2) is 5.78 Å². The van der Waals surface area contributed by atoms with Crippen molar-refractivity contribution >= 4 is 28.2 Å². The molecule has 1 N–H and O–H groups in total. The van der Waals surface area contributed by atoms with Gasteiger partial charge >= 0.3 is 0 Å². The van der Waals surface area contributed by atoms with Gasteiger partial charge in [0.05, 0.1) is 6.04 Å². The van der Waals surface area contributed by atoms with E-state index in [0.29, 0.717) is 38.5 Å². The van der Waals surface area contributed by atoms with Gasteiger partial charge in [-0.3, -0.25) is 14.4 Å². The number of rotatable bonds is 17. The average Bonchev–Trinajstić information content (AvgIpc) is 3.05. The second-order valence-corrected chi connectivity index (χ2v) is 14.3. The molecular weight excluding hydrogens is 578 g/mol. The molecule has 0 aliphatic rings. The first kappa shape index (κ1) is 35.5. The molecule has 4 nitrogen and oxygen atoms in total. The van der Waals surface area contributed by atoms with Gasteiger partial charge < -0.3 is 5.32 Å². The third kappa shape index (κ3) is 11.8. The number of ketones is 2. The summed E-state index contributed by atoms with van der Waals surface area (Å²) in [7, 11) is 0. The SMILES string of the molecule is C=C(CCC(C)(C)C)C[C@H](CC(=O)CCc1ccccc1)C(=O)N[C@@H](Cc1ccc(C)cc1)C(=O)CCc1cccc2ccccc12. The van der Waals surface area contributed by atoms with E-state index in [-0.39, 0.29) is 29.3 Å². The molecule has 0 bridgehead atoms. The van der Waals surface area contributed by atoms with Crippen molar-refractivity contribution in [2.24, 2.45) is 11.3 Å². The van der Waals surface area contributed by atoms with Crippen molar-refractivity contribution in [3.05, 3.63) is 131 Å². The lowest BCUT2D eigenvalue weighted by molar-refractivity contribution is -0.132. The van der Waals surface area contributed by atoms with Gasteiger partial charge in [0.1, 0.15) is 5.78 Å². The first-order valence-corrected chi connectivity index (χ1v) is 17.0. The molecule has 2 atom stereocenters. The summed E-state index contributed by atoms with van der Waals surface area (Å²) in [6.45, 7) is 12.9. The van der Waals surface area contributed by atoms with Gasteiger partial charge in [0.25, 0.3) is 0 Å². The van der Waals surface area contributed by atoms with E-state index in [0.717, 1.165) is 51.4 Å². The van der Waals surface area contributed by atoms with E-state index >= 15 is 0 Å². The number of carbonyl (C=O) groups excluding carboxylic acids is 3. The topological polar surface area (TPSA) is 63.2 Å². The van der Waals surface area contributed by atoms with E-state index < -0.39 is 12.0 Å². The van der Waals surface area contributed by atoms with Gasteiger partial charge in [-0.05, 0) is 78.3 Å². The van der Waals surface area contributed by atoms with Crippen molar-refractivity contribution in [2.75, 3.05) is 0 Å². The number of aryl methyl sites for hydroxylation is 3. The number of hydrogen-bond acceptors (Lipinski definition) is 3. The van der Waals surface area contributed by atoms with Crippen molar-refractivity contribution in [3.8, 4) is 0 Å². The van der Waals surface area contributed by atoms with Crippen LogP contribution in [0.3, 0.4) is 0 Å². The molecular formula is C43H51NO3. The van der Waals surface area contributed by atoms with E-state index in [9.17, 15) is 14.4 Å². The summed E-state index contributed by atoms with van der Waals surface area (Å²) in [5.74, 6) is -0.773. The summed E-state index contributed by atoms with van der Waals surface area (Å²) >= 11 is 0.